The van der Waals surface area contributed by atoms with Crippen molar-refractivity contribution < 1.29 is 0 Å². The molecule has 1 rings (SSSR count). The van der Waals surface area contributed by atoms with E-state index in [-0.39, 0.29) is 0 Å². The molecule has 2 unspecified atom stereocenters. The molecule has 0 saturated heterocycles. The van der Waals surface area contributed by atoms with Crippen molar-refractivity contribution in [3.8, 4) is 0 Å². The summed E-state index contributed by atoms with van der Waals surface area (Å²) in [5.41, 5.74) is 0. The Morgan fingerprint density at radius 1 is 1.00 bits per heavy atom. The van der Waals surface area contributed by atoms with Gasteiger partial charge in [-0.1, -0.05) is 41.0 Å². The first kappa shape index (κ1) is 18.0. The van der Waals surface area contributed by atoms with Crippen LogP contribution in [-0.4, -0.2) is 36.6 Å². The molecule has 1 N–H and O–H groups in total. The molecule has 0 spiro atoms. The molecule has 0 aliphatic heterocycles. The first-order chi connectivity index (χ1) is 9.52. The molecule has 1 aliphatic rings. The monoisotopic (exact) mass is 282 g/mol. The fourth-order valence-electron chi connectivity index (χ4n) is 3.29. The Hall–Kier alpha value is -0.0800. The number of nitrogens with one attached hydrogen (secondary N) is 1. The Bertz CT molecular complexity index is 224. The molecular formula is C18H38N2. The lowest BCUT2D eigenvalue weighted by Crippen LogP contribution is -2.45. The highest BCUT2D eigenvalue weighted by Crippen LogP contribution is 2.24. The maximum Gasteiger partial charge on any atom is 0.0110 e. The predicted molar refractivity (Wildman–Crippen MR) is 90.2 cm³/mol. The van der Waals surface area contributed by atoms with Crippen LogP contribution in [0.1, 0.15) is 73.1 Å². The third-order valence-corrected chi connectivity index (χ3v) is 4.64. The van der Waals surface area contributed by atoms with Crippen LogP contribution in [0, 0.1) is 11.8 Å². The topological polar surface area (TPSA) is 15.3 Å². The maximum absolute atomic E-state index is 3.67. The van der Waals surface area contributed by atoms with E-state index in [0.29, 0.717) is 0 Å². The molecule has 0 radical (unpaired) electrons. The summed E-state index contributed by atoms with van der Waals surface area (Å²) in [6.07, 6.45) is 8.26. The van der Waals surface area contributed by atoms with Gasteiger partial charge in [0.05, 0.1) is 0 Å². The minimum Gasteiger partial charge on any atom is -0.314 e. The van der Waals surface area contributed by atoms with E-state index in [4.69, 9.17) is 0 Å². The van der Waals surface area contributed by atoms with Crippen molar-refractivity contribution in [2.75, 3.05) is 19.6 Å². The lowest BCUT2D eigenvalue weighted by atomic mass is 9.89. The molecule has 0 heterocycles. The van der Waals surface area contributed by atoms with Gasteiger partial charge in [-0.15, -0.1) is 0 Å². The van der Waals surface area contributed by atoms with E-state index in [1.54, 1.807) is 0 Å². The molecule has 0 bridgehead atoms. The van der Waals surface area contributed by atoms with Gasteiger partial charge in [0.2, 0.25) is 0 Å². The van der Waals surface area contributed by atoms with Crippen LogP contribution in [0.15, 0.2) is 0 Å². The molecule has 0 amide bonds. The third kappa shape index (κ3) is 7.08. The molecule has 1 saturated carbocycles. The number of hydrogen-bond donors (Lipinski definition) is 1. The standard InChI is InChI=1S/C18H38N2/c1-6-19-17-8-7-9-18(14-17)20(12-10-15(2)3)13-11-16(4)5/h15-19H,6-14H2,1-5H3. The van der Waals surface area contributed by atoms with Crippen molar-refractivity contribution in [1.82, 2.24) is 10.2 Å². The van der Waals surface area contributed by atoms with E-state index >= 15 is 0 Å². The van der Waals surface area contributed by atoms with Crippen molar-refractivity contribution >= 4 is 0 Å². The maximum atomic E-state index is 3.67. The minimum atomic E-state index is 0.763. The quantitative estimate of drug-likeness (QED) is 0.678. The van der Waals surface area contributed by atoms with E-state index in [2.05, 4.69) is 44.8 Å². The number of hydrogen-bond acceptors (Lipinski definition) is 2. The largest absolute Gasteiger partial charge is 0.314 e. The second-order valence-electron chi connectivity index (χ2n) is 7.48. The zero-order chi connectivity index (χ0) is 15.0. The summed E-state index contributed by atoms with van der Waals surface area (Å²) < 4.78 is 0. The summed E-state index contributed by atoms with van der Waals surface area (Å²) in [5.74, 6) is 1.65. The Labute approximate surface area is 127 Å². The summed E-state index contributed by atoms with van der Waals surface area (Å²) >= 11 is 0. The molecule has 20 heavy (non-hydrogen) atoms. The Kier molecular flexibility index (Phi) is 8.79. The summed E-state index contributed by atoms with van der Waals surface area (Å²) in [5, 5.41) is 3.67. The zero-order valence-corrected chi connectivity index (χ0v) is 14.6. The van der Waals surface area contributed by atoms with Gasteiger partial charge in [0.25, 0.3) is 0 Å². The van der Waals surface area contributed by atoms with Gasteiger partial charge in [-0.25, -0.2) is 0 Å². The Balaban J connectivity index is 2.50. The molecule has 0 aromatic carbocycles. The lowest BCUT2D eigenvalue weighted by molar-refractivity contribution is 0.127. The third-order valence-electron chi connectivity index (χ3n) is 4.64. The van der Waals surface area contributed by atoms with E-state index in [1.165, 1.54) is 51.6 Å². The molecule has 1 fully saturated rings. The van der Waals surface area contributed by atoms with Crippen LogP contribution in [0.4, 0.5) is 0 Å². The highest BCUT2D eigenvalue weighted by molar-refractivity contribution is 4.84. The second-order valence-corrected chi connectivity index (χ2v) is 7.48. The molecule has 1 aliphatic carbocycles. The second kappa shape index (κ2) is 9.78. The van der Waals surface area contributed by atoms with E-state index in [0.717, 1.165) is 30.5 Å². The fraction of sp³-hybridized carbons (Fsp3) is 1.00. The van der Waals surface area contributed by atoms with Crippen LogP contribution in [0.25, 0.3) is 0 Å². The SMILES string of the molecule is CCNC1CCCC(N(CCC(C)C)CCC(C)C)C1. The van der Waals surface area contributed by atoms with Crippen LogP contribution < -0.4 is 5.32 Å². The summed E-state index contributed by atoms with van der Waals surface area (Å²) in [7, 11) is 0. The van der Waals surface area contributed by atoms with Crippen molar-refractivity contribution in [3.05, 3.63) is 0 Å². The van der Waals surface area contributed by atoms with Crippen molar-refractivity contribution in [3.63, 3.8) is 0 Å². The highest BCUT2D eigenvalue weighted by Gasteiger charge is 2.26. The van der Waals surface area contributed by atoms with Gasteiger partial charge in [-0.2, -0.15) is 0 Å². The summed E-state index contributed by atoms with van der Waals surface area (Å²) in [6.45, 7) is 15.4. The predicted octanol–water partition coefficient (Wildman–Crippen LogP) is 4.30. The number of rotatable bonds is 9. The van der Waals surface area contributed by atoms with Crippen LogP contribution in [-0.2, 0) is 0 Å². The van der Waals surface area contributed by atoms with Gasteiger partial charge in [0.15, 0.2) is 0 Å². The smallest absolute Gasteiger partial charge is 0.0110 e. The van der Waals surface area contributed by atoms with Crippen molar-refractivity contribution in [2.24, 2.45) is 11.8 Å². The van der Waals surface area contributed by atoms with Gasteiger partial charge in [0.1, 0.15) is 0 Å². The molecule has 2 atom stereocenters. The van der Waals surface area contributed by atoms with Gasteiger partial charge in [0, 0.05) is 12.1 Å². The summed E-state index contributed by atoms with van der Waals surface area (Å²) in [4.78, 5) is 2.81. The molecule has 0 aromatic rings. The van der Waals surface area contributed by atoms with Crippen LogP contribution in [0.2, 0.25) is 0 Å². The minimum absolute atomic E-state index is 0.763. The average Bonchev–Trinajstić information content (AvgIpc) is 2.39. The average molecular weight is 283 g/mol. The molecular weight excluding hydrogens is 244 g/mol. The van der Waals surface area contributed by atoms with Crippen molar-refractivity contribution in [2.45, 2.75) is 85.2 Å². The van der Waals surface area contributed by atoms with Gasteiger partial charge < -0.3 is 10.2 Å². The first-order valence-corrected chi connectivity index (χ1v) is 9.00. The van der Waals surface area contributed by atoms with Crippen LogP contribution in [0.5, 0.6) is 0 Å². The highest BCUT2D eigenvalue weighted by atomic mass is 15.2. The van der Waals surface area contributed by atoms with E-state index < -0.39 is 0 Å². The van der Waals surface area contributed by atoms with Gasteiger partial charge >= 0.3 is 0 Å². The lowest BCUT2D eigenvalue weighted by Gasteiger charge is -2.38. The molecule has 0 aromatic heterocycles. The summed E-state index contributed by atoms with van der Waals surface area (Å²) in [6, 6.07) is 1.59. The molecule has 120 valence electrons. The van der Waals surface area contributed by atoms with Crippen LogP contribution >= 0.6 is 0 Å². The Morgan fingerprint density at radius 2 is 1.60 bits per heavy atom. The van der Waals surface area contributed by atoms with E-state index in [9.17, 15) is 0 Å². The normalized spacial score (nSPS) is 24.0. The Morgan fingerprint density at radius 3 is 2.10 bits per heavy atom. The van der Waals surface area contributed by atoms with Crippen LogP contribution in [0.3, 0.4) is 0 Å². The van der Waals surface area contributed by atoms with Gasteiger partial charge in [-0.3, -0.25) is 0 Å². The number of nitrogens with zero attached hydrogens (tertiary/aromatic N) is 1. The van der Waals surface area contributed by atoms with Crippen molar-refractivity contribution in [1.29, 1.82) is 0 Å². The first-order valence-electron chi connectivity index (χ1n) is 9.00. The molecule has 2 nitrogen and oxygen atoms in total. The zero-order valence-electron chi connectivity index (χ0n) is 14.6. The fourth-order valence-corrected chi connectivity index (χ4v) is 3.29. The van der Waals surface area contributed by atoms with Gasteiger partial charge in [-0.05, 0) is 63.6 Å². The molecule has 2 heteroatoms. The van der Waals surface area contributed by atoms with E-state index in [1.807, 2.05) is 0 Å².